The van der Waals surface area contributed by atoms with Crippen molar-refractivity contribution in [1.82, 2.24) is 15.3 Å². The maximum atomic E-state index is 12.3. The average Bonchev–Trinajstić information content (AvgIpc) is 2.72. The fraction of sp³-hybridized carbons (Fsp3) is 0.450. The highest BCUT2D eigenvalue weighted by Crippen LogP contribution is 2.21. The van der Waals surface area contributed by atoms with E-state index in [0.717, 1.165) is 49.2 Å². The lowest BCUT2D eigenvalue weighted by atomic mass is 9.99. The van der Waals surface area contributed by atoms with E-state index in [1.165, 1.54) is 6.33 Å². The van der Waals surface area contributed by atoms with Gasteiger partial charge in [-0.1, -0.05) is 6.92 Å². The molecule has 0 aliphatic carbocycles. The molecule has 7 nitrogen and oxygen atoms in total. The second kappa shape index (κ2) is 9.21. The van der Waals surface area contributed by atoms with Gasteiger partial charge in [-0.05, 0) is 43.0 Å². The predicted octanol–water partition coefficient (Wildman–Crippen LogP) is 2.53. The number of rotatable bonds is 7. The number of carbonyl (C=O) groups is 1. The summed E-state index contributed by atoms with van der Waals surface area (Å²) in [6.07, 6.45) is 3.75. The van der Waals surface area contributed by atoms with Gasteiger partial charge in [0.25, 0.3) is 5.91 Å². The van der Waals surface area contributed by atoms with Gasteiger partial charge < -0.3 is 19.7 Å². The Bertz CT molecular complexity index is 743. The van der Waals surface area contributed by atoms with E-state index in [2.05, 4.69) is 27.1 Å². The van der Waals surface area contributed by atoms with E-state index in [4.69, 9.17) is 9.47 Å². The van der Waals surface area contributed by atoms with Gasteiger partial charge in [-0.2, -0.15) is 0 Å². The third kappa shape index (κ3) is 5.32. The fourth-order valence-electron chi connectivity index (χ4n) is 2.98. The second-order valence-electron chi connectivity index (χ2n) is 6.71. The van der Waals surface area contributed by atoms with Gasteiger partial charge in [0.2, 0.25) is 0 Å². The molecule has 3 rings (SSSR count). The number of carbonyl (C=O) groups excluding carboxylic acids is 1. The van der Waals surface area contributed by atoms with Gasteiger partial charge >= 0.3 is 0 Å². The SMILES string of the molecule is COc1ccc(OCCNC(=O)c2cc(N3CCC(C)CC3)ncn2)cc1. The molecule has 1 N–H and O–H groups in total. The van der Waals surface area contributed by atoms with Crippen LogP contribution in [0.5, 0.6) is 11.5 Å². The van der Waals surface area contributed by atoms with E-state index in [0.29, 0.717) is 18.8 Å². The van der Waals surface area contributed by atoms with Crippen molar-refractivity contribution in [3.05, 3.63) is 42.4 Å². The van der Waals surface area contributed by atoms with E-state index < -0.39 is 0 Å². The van der Waals surface area contributed by atoms with E-state index in [9.17, 15) is 4.79 Å². The summed E-state index contributed by atoms with van der Waals surface area (Å²) in [5, 5.41) is 2.83. The smallest absolute Gasteiger partial charge is 0.270 e. The maximum Gasteiger partial charge on any atom is 0.270 e. The van der Waals surface area contributed by atoms with Crippen molar-refractivity contribution in [3.63, 3.8) is 0 Å². The van der Waals surface area contributed by atoms with Crippen LogP contribution in [0.25, 0.3) is 0 Å². The van der Waals surface area contributed by atoms with Crippen LogP contribution in [-0.4, -0.2) is 49.2 Å². The van der Waals surface area contributed by atoms with Crippen LogP contribution in [0.1, 0.15) is 30.3 Å². The molecule has 2 aromatic rings. The number of nitrogens with zero attached hydrogens (tertiary/aromatic N) is 3. The molecule has 0 radical (unpaired) electrons. The Labute approximate surface area is 159 Å². The van der Waals surface area contributed by atoms with Gasteiger partial charge in [-0.25, -0.2) is 9.97 Å². The van der Waals surface area contributed by atoms with Crippen LogP contribution in [0.4, 0.5) is 5.82 Å². The highest BCUT2D eigenvalue weighted by Gasteiger charge is 2.18. The quantitative estimate of drug-likeness (QED) is 0.755. The molecule has 0 saturated carbocycles. The van der Waals surface area contributed by atoms with E-state index >= 15 is 0 Å². The minimum atomic E-state index is -0.220. The normalized spacial score (nSPS) is 14.7. The van der Waals surface area contributed by atoms with Crippen molar-refractivity contribution in [1.29, 1.82) is 0 Å². The standard InChI is InChI=1S/C20H26N4O3/c1-15-7-10-24(11-8-15)19-13-18(22-14-23-19)20(25)21-9-12-27-17-5-3-16(26-2)4-6-17/h3-6,13-15H,7-12H2,1-2H3,(H,21,25). The molecule has 0 atom stereocenters. The number of aromatic nitrogens is 2. The number of methoxy groups -OCH3 is 1. The molecule has 1 aromatic heterocycles. The predicted molar refractivity (Wildman–Crippen MR) is 103 cm³/mol. The van der Waals surface area contributed by atoms with E-state index in [1.54, 1.807) is 13.2 Å². The Morgan fingerprint density at radius 2 is 1.89 bits per heavy atom. The molecule has 144 valence electrons. The molecule has 1 fully saturated rings. The van der Waals surface area contributed by atoms with Crippen LogP contribution >= 0.6 is 0 Å². The zero-order valence-corrected chi connectivity index (χ0v) is 15.9. The molecule has 1 amide bonds. The van der Waals surface area contributed by atoms with Crippen molar-refractivity contribution in [2.45, 2.75) is 19.8 Å². The Kier molecular flexibility index (Phi) is 6.46. The molecule has 7 heteroatoms. The molecular formula is C20H26N4O3. The van der Waals surface area contributed by atoms with Crippen molar-refractivity contribution in [2.24, 2.45) is 5.92 Å². The minimum absolute atomic E-state index is 0.220. The lowest BCUT2D eigenvalue weighted by molar-refractivity contribution is 0.0942. The topological polar surface area (TPSA) is 76.6 Å². The van der Waals surface area contributed by atoms with Gasteiger partial charge in [-0.15, -0.1) is 0 Å². The lowest BCUT2D eigenvalue weighted by Crippen LogP contribution is -2.34. The van der Waals surface area contributed by atoms with E-state index in [1.807, 2.05) is 24.3 Å². The first-order valence-corrected chi connectivity index (χ1v) is 9.28. The molecular weight excluding hydrogens is 344 g/mol. The summed E-state index contributed by atoms with van der Waals surface area (Å²) in [4.78, 5) is 23.0. The Morgan fingerprint density at radius 3 is 2.59 bits per heavy atom. The number of nitrogens with one attached hydrogen (secondary N) is 1. The fourth-order valence-corrected chi connectivity index (χ4v) is 2.98. The third-order valence-corrected chi connectivity index (χ3v) is 4.71. The minimum Gasteiger partial charge on any atom is -0.497 e. The molecule has 0 bridgehead atoms. The summed E-state index contributed by atoms with van der Waals surface area (Å²) < 4.78 is 10.7. The first-order chi connectivity index (χ1) is 13.2. The summed E-state index contributed by atoms with van der Waals surface area (Å²) in [6, 6.07) is 9.08. The zero-order chi connectivity index (χ0) is 19.1. The summed E-state index contributed by atoms with van der Waals surface area (Å²) in [6.45, 7) is 4.97. The Hall–Kier alpha value is -2.83. The van der Waals surface area contributed by atoms with Crippen LogP contribution < -0.4 is 19.7 Å². The van der Waals surface area contributed by atoms with Crippen LogP contribution in [0.15, 0.2) is 36.7 Å². The third-order valence-electron chi connectivity index (χ3n) is 4.71. The monoisotopic (exact) mass is 370 g/mol. The van der Waals surface area contributed by atoms with Gasteiger partial charge in [-0.3, -0.25) is 4.79 Å². The maximum absolute atomic E-state index is 12.3. The molecule has 1 aliphatic heterocycles. The summed E-state index contributed by atoms with van der Waals surface area (Å²) in [5.74, 6) is 2.85. The average molecular weight is 370 g/mol. The number of amides is 1. The van der Waals surface area contributed by atoms with Gasteiger partial charge in [0.15, 0.2) is 0 Å². The van der Waals surface area contributed by atoms with Crippen LogP contribution in [0.3, 0.4) is 0 Å². The second-order valence-corrected chi connectivity index (χ2v) is 6.71. The molecule has 0 unspecified atom stereocenters. The number of hydrogen-bond donors (Lipinski definition) is 1. The number of piperidine rings is 1. The van der Waals surface area contributed by atoms with Crippen molar-refractivity contribution >= 4 is 11.7 Å². The lowest BCUT2D eigenvalue weighted by Gasteiger charge is -2.31. The number of ether oxygens (including phenoxy) is 2. The molecule has 1 saturated heterocycles. The Balaban J connectivity index is 1.47. The highest BCUT2D eigenvalue weighted by atomic mass is 16.5. The number of anilines is 1. The first kappa shape index (κ1) is 18.9. The van der Waals surface area contributed by atoms with Gasteiger partial charge in [0, 0.05) is 19.2 Å². The number of benzene rings is 1. The summed E-state index contributed by atoms with van der Waals surface area (Å²) in [7, 11) is 1.62. The van der Waals surface area contributed by atoms with Gasteiger partial charge in [0.1, 0.15) is 35.9 Å². The van der Waals surface area contributed by atoms with Crippen LogP contribution in [0.2, 0.25) is 0 Å². The van der Waals surface area contributed by atoms with Crippen molar-refractivity contribution < 1.29 is 14.3 Å². The molecule has 0 spiro atoms. The Morgan fingerprint density at radius 1 is 1.19 bits per heavy atom. The number of hydrogen-bond acceptors (Lipinski definition) is 6. The first-order valence-electron chi connectivity index (χ1n) is 9.28. The molecule has 2 heterocycles. The highest BCUT2D eigenvalue weighted by molar-refractivity contribution is 5.92. The van der Waals surface area contributed by atoms with Crippen molar-refractivity contribution in [2.75, 3.05) is 38.3 Å². The van der Waals surface area contributed by atoms with Crippen LogP contribution in [-0.2, 0) is 0 Å². The summed E-state index contributed by atoms with van der Waals surface area (Å²) in [5.41, 5.74) is 0.378. The zero-order valence-electron chi connectivity index (χ0n) is 15.9. The van der Waals surface area contributed by atoms with E-state index in [-0.39, 0.29) is 5.91 Å². The van der Waals surface area contributed by atoms with Crippen molar-refractivity contribution in [3.8, 4) is 11.5 Å². The largest absolute Gasteiger partial charge is 0.497 e. The van der Waals surface area contributed by atoms with Crippen LogP contribution in [0, 0.1) is 5.92 Å². The van der Waals surface area contributed by atoms with Gasteiger partial charge in [0.05, 0.1) is 13.7 Å². The molecule has 1 aliphatic rings. The molecule has 27 heavy (non-hydrogen) atoms. The molecule has 1 aromatic carbocycles. The summed E-state index contributed by atoms with van der Waals surface area (Å²) >= 11 is 0.